The van der Waals surface area contributed by atoms with Gasteiger partial charge in [-0.2, -0.15) is 0 Å². The fourth-order valence-electron chi connectivity index (χ4n) is 3.58. The van der Waals surface area contributed by atoms with E-state index >= 15 is 0 Å². The summed E-state index contributed by atoms with van der Waals surface area (Å²) in [4.78, 5) is 7.26. The van der Waals surface area contributed by atoms with Crippen LogP contribution in [0.3, 0.4) is 0 Å². The quantitative estimate of drug-likeness (QED) is 0.867. The predicted octanol–water partition coefficient (Wildman–Crippen LogP) is 3.58. The number of nitrogens with one attached hydrogen (secondary N) is 1. The van der Waals surface area contributed by atoms with E-state index in [0.29, 0.717) is 0 Å². The molecule has 116 valence electrons. The van der Waals surface area contributed by atoms with Crippen molar-refractivity contribution in [2.24, 2.45) is 5.92 Å². The summed E-state index contributed by atoms with van der Waals surface area (Å²) >= 11 is 0. The predicted molar refractivity (Wildman–Crippen MR) is 88.8 cm³/mol. The van der Waals surface area contributed by atoms with Crippen molar-refractivity contribution in [1.82, 2.24) is 10.3 Å². The zero-order chi connectivity index (χ0) is 14.8. The minimum Gasteiger partial charge on any atom is -0.359 e. The van der Waals surface area contributed by atoms with E-state index in [4.69, 9.17) is 4.98 Å². The number of hydrogen-bond donors (Lipinski definition) is 1. The topological polar surface area (TPSA) is 28.2 Å². The largest absolute Gasteiger partial charge is 0.359 e. The molecule has 0 saturated heterocycles. The Hall–Kier alpha value is -1.09. The van der Waals surface area contributed by atoms with Crippen molar-refractivity contribution in [3.8, 4) is 0 Å². The molecule has 21 heavy (non-hydrogen) atoms. The molecule has 1 N–H and O–H groups in total. The number of pyridine rings is 1. The Bertz CT molecular complexity index is 487. The number of aryl methyl sites for hydroxylation is 2. The van der Waals surface area contributed by atoms with E-state index in [-0.39, 0.29) is 0 Å². The monoisotopic (exact) mass is 287 g/mol. The molecule has 0 bridgehead atoms. The lowest BCUT2D eigenvalue weighted by Crippen LogP contribution is -2.28. The smallest absolute Gasteiger partial charge is 0.133 e. The molecule has 2 aliphatic carbocycles. The number of hydrogen-bond acceptors (Lipinski definition) is 3. The number of nitrogens with zero attached hydrogens (tertiary/aromatic N) is 2. The van der Waals surface area contributed by atoms with Crippen LogP contribution in [0.1, 0.15) is 55.3 Å². The highest BCUT2D eigenvalue weighted by molar-refractivity contribution is 5.51. The van der Waals surface area contributed by atoms with E-state index in [1.165, 1.54) is 55.5 Å². The van der Waals surface area contributed by atoms with Crippen LogP contribution < -0.4 is 10.2 Å². The number of rotatable bonds is 6. The summed E-state index contributed by atoms with van der Waals surface area (Å²) in [6.07, 6.45) is 8.29. The maximum Gasteiger partial charge on any atom is 0.133 e. The summed E-state index contributed by atoms with van der Waals surface area (Å²) in [6.45, 7) is 6.46. The van der Waals surface area contributed by atoms with E-state index in [9.17, 15) is 0 Å². The molecule has 0 unspecified atom stereocenters. The first-order chi connectivity index (χ1) is 10.1. The Morgan fingerprint density at radius 2 is 1.90 bits per heavy atom. The summed E-state index contributed by atoms with van der Waals surface area (Å²) < 4.78 is 0. The van der Waals surface area contributed by atoms with Crippen molar-refractivity contribution in [1.29, 1.82) is 0 Å². The highest BCUT2D eigenvalue weighted by Gasteiger charge is 2.23. The number of anilines is 1. The Morgan fingerprint density at radius 3 is 2.57 bits per heavy atom. The minimum atomic E-state index is 0.749. The molecule has 3 nitrogen and oxygen atoms in total. The van der Waals surface area contributed by atoms with Crippen LogP contribution in [0, 0.1) is 19.8 Å². The van der Waals surface area contributed by atoms with Crippen LogP contribution in [0.25, 0.3) is 0 Å². The summed E-state index contributed by atoms with van der Waals surface area (Å²) in [5.74, 6) is 2.06. The normalized spacial score (nSPS) is 19.2. The molecule has 2 saturated carbocycles. The van der Waals surface area contributed by atoms with Gasteiger partial charge in [0.05, 0.1) is 0 Å². The van der Waals surface area contributed by atoms with Crippen molar-refractivity contribution in [3.63, 3.8) is 0 Å². The van der Waals surface area contributed by atoms with E-state index in [1.807, 2.05) is 0 Å². The fraction of sp³-hybridized carbons (Fsp3) is 0.722. The molecule has 2 fully saturated rings. The van der Waals surface area contributed by atoms with Gasteiger partial charge < -0.3 is 10.2 Å². The summed E-state index contributed by atoms with van der Waals surface area (Å²) in [6, 6.07) is 2.97. The molecule has 1 aromatic heterocycles. The standard InChI is InChI=1S/C18H29N3/c1-13-10-14(2)20-18(17(13)11-19-16-8-9-16)21(3)12-15-6-4-5-7-15/h10,15-16,19H,4-9,11-12H2,1-3H3. The van der Waals surface area contributed by atoms with Gasteiger partial charge in [-0.25, -0.2) is 4.98 Å². The second kappa shape index (κ2) is 6.35. The summed E-state index contributed by atoms with van der Waals surface area (Å²) in [7, 11) is 2.22. The lowest BCUT2D eigenvalue weighted by molar-refractivity contribution is 0.543. The first kappa shape index (κ1) is 14.8. The Labute approximate surface area is 129 Å². The second-order valence-electron chi connectivity index (χ2n) is 7.07. The second-order valence-corrected chi connectivity index (χ2v) is 7.07. The Kier molecular flexibility index (Phi) is 4.48. The molecule has 0 spiro atoms. The molecular weight excluding hydrogens is 258 g/mol. The average Bonchev–Trinajstić information content (AvgIpc) is 3.13. The van der Waals surface area contributed by atoms with E-state index in [1.54, 1.807) is 0 Å². The van der Waals surface area contributed by atoms with E-state index in [2.05, 4.69) is 37.2 Å². The number of aromatic nitrogens is 1. The molecule has 1 heterocycles. The third-order valence-electron chi connectivity index (χ3n) is 4.97. The maximum absolute atomic E-state index is 4.86. The van der Waals surface area contributed by atoms with Gasteiger partial charge >= 0.3 is 0 Å². The van der Waals surface area contributed by atoms with Gasteiger partial charge in [0, 0.05) is 37.4 Å². The summed E-state index contributed by atoms with van der Waals surface area (Å²) in [5.41, 5.74) is 3.91. The average molecular weight is 287 g/mol. The van der Waals surface area contributed by atoms with Crippen LogP contribution in [-0.4, -0.2) is 24.6 Å². The molecule has 0 aromatic carbocycles. The van der Waals surface area contributed by atoms with Gasteiger partial charge in [-0.3, -0.25) is 0 Å². The van der Waals surface area contributed by atoms with Crippen LogP contribution in [0.2, 0.25) is 0 Å². The van der Waals surface area contributed by atoms with Crippen molar-refractivity contribution < 1.29 is 0 Å². The molecule has 0 amide bonds. The van der Waals surface area contributed by atoms with Crippen molar-refractivity contribution in [3.05, 3.63) is 22.9 Å². The van der Waals surface area contributed by atoms with Crippen molar-refractivity contribution in [2.45, 2.75) is 65.0 Å². The molecule has 3 rings (SSSR count). The summed E-state index contributed by atoms with van der Waals surface area (Å²) in [5, 5.41) is 3.66. The lowest BCUT2D eigenvalue weighted by Gasteiger charge is -2.26. The first-order valence-corrected chi connectivity index (χ1v) is 8.55. The highest BCUT2D eigenvalue weighted by Crippen LogP contribution is 2.29. The highest BCUT2D eigenvalue weighted by atomic mass is 15.2. The Morgan fingerprint density at radius 1 is 1.19 bits per heavy atom. The van der Waals surface area contributed by atoms with Crippen LogP contribution in [0.15, 0.2) is 6.07 Å². The van der Waals surface area contributed by atoms with Crippen molar-refractivity contribution in [2.75, 3.05) is 18.5 Å². The molecule has 2 aliphatic rings. The van der Waals surface area contributed by atoms with Crippen LogP contribution in [0.4, 0.5) is 5.82 Å². The van der Waals surface area contributed by atoms with E-state index < -0.39 is 0 Å². The molecule has 0 atom stereocenters. The third-order valence-corrected chi connectivity index (χ3v) is 4.97. The first-order valence-electron chi connectivity index (χ1n) is 8.55. The van der Waals surface area contributed by atoms with Crippen LogP contribution >= 0.6 is 0 Å². The zero-order valence-corrected chi connectivity index (χ0v) is 13.8. The van der Waals surface area contributed by atoms with Gasteiger partial charge in [-0.1, -0.05) is 12.8 Å². The SMILES string of the molecule is Cc1cc(C)c(CNC2CC2)c(N(C)CC2CCCC2)n1. The van der Waals surface area contributed by atoms with E-state index in [0.717, 1.165) is 30.7 Å². The zero-order valence-electron chi connectivity index (χ0n) is 13.8. The third kappa shape index (κ3) is 3.76. The van der Waals surface area contributed by atoms with Crippen molar-refractivity contribution >= 4 is 5.82 Å². The fourth-order valence-corrected chi connectivity index (χ4v) is 3.58. The molecular formula is C18H29N3. The van der Waals surface area contributed by atoms with Gasteiger partial charge in [0.2, 0.25) is 0 Å². The van der Waals surface area contributed by atoms with Gasteiger partial charge in [0.15, 0.2) is 0 Å². The molecule has 3 heteroatoms. The molecule has 0 radical (unpaired) electrons. The van der Waals surface area contributed by atoms with Gasteiger partial charge in [-0.05, 0) is 57.1 Å². The molecule has 1 aromatic rings. The van der Waals surface area contributed by atoms with Crippen LogP contribution in [0.5, 0.6) is 0 Å². The van der Waals surface area contributed by atoms with Gasteiger partial charge in [-0.15, -0.1) is 0 Å². The molecule has 0 aliphatic heterocycles. The Balaban J connectivity index is 1.76. The minimum absolute atomic E-state index is 0.749. The maximum atomic E-state index is 4.86. The van der Waals surface area contributed by atoms with Gasteiger partial charge in [0.1, 0.15) is 5.82 Å². The van der Waals surface area contributed by atoms with Gasteiger partial charge in [0.25, 0.3) is 0 Å². The van der Waals surface area contributed by atoms with Crippen LogP contribution in [-0.2, 0) is 6.54 Å². The lowest BCUT2D eigenvalue weighted by atomic mass is 10.1.